The quantitative estimate of drug-likeness (QED) is 0.649. The van der Waals surface area contributed by atoms with Crippen LogP contribution in [0.5, 0.6) is 0 Å². The van der Waals surface area contributed by atoms with Crippen molar-refractivity contribution in [1.29, 1.82) is 0 Å². The highest BCUT2D eigenvalue weighted by Gasteiger charge is 2.29. The van der Waals surface area contributed by atoms with E-state index in [4.69, 9.17) is 0 Å². The van der Waals surface area contributed by atoms with Crippen molar-refractivity contribution in [3.63, 3.8) is 0 Å². The summed E-state index contributed by atoms with van der Waals surface area (Å²) in [6.07, 6.45) is 0. The van der Waals surface area contributed by atoms with Crippen molar-refractivity contribution in [3.8, 4) is 0 Å². The fourth-order valence-corrected chi connectivity index (χ4v) is 1.91. The van der Waals surface area contributed by atoms with E-state index >= 15 is 0 Å². The molecule has 0 spiro atoms. The van der Waals surface area contributed by atoms with Crippen LogP contribution in [-0.4, -0.2) is 47.4 Å². The van der Waals surface area contributed by atoms with Gasteiger partial charge in [-0.2, -0.15) is 0 Å². The Morgan fingerprint density at radius 1 is 1.47 bits per heavy atom. The lowest BCUT2D eigenvalue weighted by molar-refractivity contribution is -0.133. The second-order valence-electron chi connectivity index (χ2n) is 4.34. The second kappa shape index (κ2) is 4.75. The summed E-state index contributed by atoms with van der Waals surface area (Å²) in [6.45, 7) is 11.4. The maximum absolute atomic E-state index is 12.7. The minimum atomic E-state index is -0.861. The standard InChI is InChI=1S/C11H19FN2O/c1-8(2)13-5-6-14(9(3)7-13)11(15)10(4)12/h8-9H,4-7H2,1-3H3/t9-/m1/s1. The summed E-state index contributed by atoms with van der Waals surface area (Å²) in [5, 5.41) is 0. The fourth-order valence-electron chi connectivity index (χ4n) is 1.91. The molecule has 1 amide bonds. The molecule has 0 radical (unpaired) electrons. The summed E-state index contributed by atoms with van der Waals surface area (Å²) in [6, 6.07) is 0.527. The zero-order valence-electron chi connectivity index (χ0n) is 9.66. The molecule has 1 aliphatic heterocycles. The zero-order chi connectivity index (χ0) is 11.6. The van der Waals surface area contributed by atoms with Gasteiger partial charge in [-0.1, -0.05) is 6.58 Å². The van der Waals surface area contributed by atoms with Gasteiger partial charge in [0.2, 0.25) is 0 Å². The topological polar surface area (TPSA) is 23.6 Å². The predicted molar refractivity (Wildman–Crippen MR) is 58.1 cm³/mol. The molecule has 0 aliphatic carbocycles. The van der Waals surface area contributed by atoms with E-state index in [9.17, 15) is 9.18 Å². The average molecular weight is 214 g/mol. The van der Waals surface area contributed by atoms with Crippen LogP contribution in [0.1, 0.15) is 20.8 Å². The molecule has 1 fully saturated rings. The lowest BCUT2D eigenvalue weighted by atomic mass is 10.1. The maximum atomic E-state index is 12.7. The van der Waals surface area contributed by atoms with Gasteiger partial charge in [-0.05, 0) is 20.8 Å². The van der Waals surface area contributed by atoms with Gasteiger partial charge < -0.3 is 4.90 Å². The molecule has 1 saturated heterocycles. The SMILES string of the molecule is C=C(F)C(=O)N1CCN(C(C)C)C[C@H]1C. The number of piperazine rings is 1. The summed E-state index contributed by atoms with van der Waals surface area (Å²) in [5.74, 6) is -1.43. The van der Waals surface area contributed by atoms with E-state index in [1.807, 2.05) is 6.92 Å². The highest BCUT2D eigenvalue weighted by atomic mass is 19.1. The number of carbonyl (C=O) groups is 1. The van der Waals surface area contributed by atoms with Gasteiger partial charge in [0.1, 0.15) is 0 Å². The second-order valence-corrected chi connectivity index (χ2v) is 4.34. The monoisotopic (exact) mass is 214 g/mol. The first-order valence-electron chi connectivity index (χ1n) is 5.33. The number of carbonyl (C=O) groups excluding carboxylic acids is 1. The molecular formula is C11H19FN2O. The van der Waals surface area contributed by atoms with Gasteiger partial charge in [-0.15, -0.1) is 0 Å². The van der Waals surface area contributed by atoms with Crippen LogP contribution in [0.25, 0.3) is 0 Å². The molecule has 0 N–H and O–H groups in total. The summed E-state index contributed by atoms with van der Waals surface area (Å²) in [7, 11) is 0. The largest absolute Gasteiger partial charge is 0.331 e. The zero-order valence-corrected chi connectivity index (χ0v) is 9.66. The Balaban J connectivity index is 2.60. The molecule has 0 aromatic heterocycles. The van der Waals surface area contributed by atoms with Gasteiger partial charge in [0.05, 0.1) is 0 Å². The summed E-state index contributed by atoms with van der Waals surface area (Å²) >= 11 is 0. The number of hydrogen-bond acceptors (Lipinski definition) is 2. The normalized spacial score (nSPS) is 23.3. The highest BCUT2D eigenvalue weighted by molar-refractivity contribution is 5.90. The van der Waals surface area contributed by atoms with Crippen LogP contribution in [0.4, 0.5) is 4.39 Å². The van der Waals surface area contributed by atoms with Crippen molar-refractivity contribution in [2.24, 2.45) is 0 Å². The van der Waals surface area contributed by atoms with Crippen molar-refractivity contribution in [2.75, 3.05) is 19.6 Å². The first-order valence-corrected chi connectivity index (χ1v) is 5.33. The van der Waals surface area contributed by atoms with E-state index in [1.165, 1.54) is 0 Å². The molecule has 1 rings (SSSR count). The molecule has 0 unspecified atom stereocenters. The molecule has 86 valence electrons. The molecule has 0 aromatic carbocycles. The molecule has 15 heavy (non-hydrogen) atoms. The first kappa shape index (κ1) is 12.2. The molecule has 1 atom stereocenters. The van der Waals surface area contributed by atoms with Crippen molar-refractivity contribution in [3.05, 3.63) is 12.4 Å². The van der Waals surface area contributed by atoms with Gasteiger partial charge >= 0.3 is 0 Å². The third kappa shape index (κ3) is 2.78. The molecule has 3 nitrogen and oxygen atoms in total. The third-order valence-electron chi connectivity index (χ3n) is 2.88. The first-order chi connectivity index (χ1) is 6.93. The Bertz CT molecular complexity index is 265. The van der Waals surface area contributed by atoms with E-state index in [0.29, 0.717) is 12.6 Å². The molecule has 0 aromatic rings. The van der Waals surface area contributed by atoms with Crippen LogP contribution in [0.2, 0.25) is 0 Å². The third-order valence-corrected chi connectivity index (χ3v) is 2.88. The Kier molecular flexibility index (Phi) is 3.85. The van der Waals surface area contributed by atoms with E-state index in [2.05, 4.69) is 25.3 Å². The maximum Gasteiger partial charge on any atom is 0.282 e. The van der Waals surface area contributed by atoms with E-state index in [-0.39, 0.29) is 6.04 Å². The van der Waals surface area contributed by atoms with Crippen molar-refractivity contribution >= 4 is 5.91 Å². The highest BCUT2D eigenvalue weighted by Crippen LogP contribution is 2.14. The summed E-state index contributed by atoms with van der Waals surface area (Å²) in [4.78, 5) is 15.3. The van der Waals surface area contributed by atoms with Gasteiger partial charge in [0.25, 0.3) is 5.91 Å². The number of rotatable bonds is 2. The Morgan fingerprint density at radius 3 is 2.47 bits per heavy atom. The van der Waals surface area contributed by atoms with Crippen LogP contribution < -0.4 is 0 Å². The number of amides is 1. The van der Waals surface area contributed by atoms with Crippen LogP contribution in [-0.2, 0) is 4.79 Å². The predicted octanol–water partition coefficient (Wildman–Crippen LogP) is 1.41. The Labute approximate surface area is 90.5 Å². The number of nitrogens with zero attached hydrogens (tertiary/aromatic N) is 2. The van der Waals surface area contributed by atoms with Gasteiger partial charge in [-0.3, -0.25) is 9.69 Å². The summed E-state index contributed by atoms with van der Waals surface area (Å²) < 4.78 is 12.7. The van der Waals surface area contributed by atoms with E-state index in [1.54, 1.807) is 4.90 Å². The molecular weight excluding hydrogens is 195 g/mol. The number of hydrogen-bond donors (Lipinski definition) is 0. The van der Waals surface area contributed by atoms with Crippen molar-refractivity contribution < 1.29 is 9.18 Å². The molecule has 1 aliphatic rings. The lowest BCUT2D eigenvalue weighted by Gasteiger charge is -2.41. The van der Waals surface area contributed by atoms with Crippen LogP contribution in [0.15, 0.2) is 12.4 Å². The minimum absolute atomic E-state index is 0.0566. The molecule has 0 bridgehead atoms. The molecule has 0 saturated carbocycles. The smallest absolute Gasteiger partial charge is 0.282 e. The average Bonchev–Trinajstić information content (AvgIpc) is 2.16. The number of halogens is 1. The van der Waals surface area contributed by atoms with Crippen molar-refractivity contribution in [1.82, 2.24) is 9.80 Å². The molecule has 1 heterocycles. The van der Waals surface area contributed by atoms with E-state index < -0.39 is 11.7 Å². The summed E-state index contributed by atoms with van der Waals surface area (Å²) in [5.41, 5.74) is 0. The Morgan fingerprint density at radius 2 is 2.07 bits per heavy atom. The van der Waals surface area contributed by atoms with Crippen molar-refractivity contribution in [2.45, 2.75) is 32.9 Å². The molecule has 4 heteroatoms. The minimum Gasteiger partial charge on any atom is -0.331 e. The Hall–Kier alpha value is -0.900. The van der Waals surface area contributed by atoms with Crippen LogP contribution in [0, 0.1) is 0 Å². The van der Waals surface area contributed by atoms with Gasteiger partial charge in [0.15, 0.2) is 5.83 Å². The van der Waals surface area contributed by atoms with E-state index in [0.717, 1.165) is 13.1 Å². The van der Waals surface area contributed by atoms with Gasteiger partial charge in [-0.25, -0.2) is 4.39 Å². The van der Waals surface area contributed by atoms with Crippen LogP contribution in [0.3, 0.4) is 0 Å². The lowest BCUT2D eigenvalue weighted by Crippen LogP contribution is -2.55. The van der Waals surface area contributed by atoms with Gasteiger partial charge in [0, 0.05) is 31.7 Å². The fraction of sp³-hybridized carbons (Fsp3) is 0.727. The van der Waals surface area contributed by atoms with Crippen LogP contribution >= 0.6 is 0 Å².